The third-order valence-electron chi connectivity index (χ3n) is 3.15. The largest absolute Gasteiger partial charge is 0.474 e. The fourth-order valence-corrected chi connectivity index (χ4v) is 2.39. The van der Waals surface area contributed by atoms with Crippen molar-refractivity contribution in [2.75, 3.05) is 13.2 Å². The minimum Gasteiger partial charge on any atom is -0.474 e. The molecule has 5 heteroatoms. The van der Waals surface area contributed by atoms with Crippen molar-refractivity contribution >= 4 is 15.9 Å². The van der Waals surface area contributed by atoms with Crippen LogP contribution in [-0.4, -0.2) is 29.8 Å². The molecule has 0 radical (unpaired) electrons. The second kappa shape index (κ2) is 6.87. The molecule has 1 fully saturated rings. The third-order valence-corrected chi connectivity index (χ3v) is 3.58. The number of ether oxygens (including phenoxy) is 2. The lowest BCUT2D eigenvalue weighted by Crippen LogP contribution is -2.35. The standard InChI is InChI=1S/C15H23BrN2O2/c1-15(2,3)18-9-11-8-12(16)10-17-14(11)20-13-4-6-19-7-5-13/h8,10,13,18H,4-7,9H2,1-3H3. The first-order valence-electron chi connectivity index (χ1n) is 7.08. The minimum atomic E-state index is 0.0677. The van der Waals surface area contributed by atoms with Gasteiger partial charge in [-0.2, -0.15) is 0 Å². The van der Waals surface area contributed by atoms with Crippen LogP contribution in [0.25, 0.3) is 0 Å². The van der Waals surface area contributed by atoms with Crippen LogP contribution in [-0.2, 0) is 11.3 Å². The molecule has 1 aromatic heterocycles. The Balaban J connectivity index is 2.06. The molecule has 0 aliphatic carbocycles. The van der Waals surface area contributed by atoms with Crippen molar-refractivity contribution in [2.45, 2.75) is 51.8 Å². The van der Waals surface area contributed by atoms with Gasteiger partial charge in [0.15, 0.2) is 0 Å². The maximum absolute atomic E-state index is 6.05. The maximum Gasteiger partial charge on any atom is 0.218 e. The maximum atomic E-state index is 6.05. The average molecular weight is 343 g/mol. The molecule has 112 valence electrons. The smallest absolute Gasteiger partial charge is 0.218 e. The molecular formula is C15H23BrN2O2. The molecule has 1 aliphatic heterocycles. The zero-order valence-corrected chi connectivity index (χ0v) is 14.0. The summed E-state index contributed by atoms with van der Waals surface area (Å²) in [7, 11) is 0. The van der Waals surface area contributed by atoms with Gasteiger partial charge in [0.2, 0.25) is 5.88 Å². The van der Waals surface area contributed by atoms with Gasteiger partial charge in [-0.3, -0.25) is 0 Å². The molecule has 1 saturated heterocycles. The number of halogens is 1. The SMILES string of the molecule is CC(C)(C)NCc1cc(Br)cnc1OC1CCOCC1. The van der Waals surface area contributed by atoms with Crippen LogP contribution in [0.1, 0.15) is 39.2 Å². The van der Waals surface area contributed by atoms with Crippen molar-refractivity contribution in [2.24, 2.45) is 0 Å². The number of aromatic nitrogens is 1. The molecule has 1 N–H and O–H groups in total. The van der Waals surface area contributed by atoms with E-state index in [9.17, 15) is 0 Å². The highest BCUT2D eigenvalue weighted by atomic mass is 79.9. The van der Waals surface area contributed by atoms with E-state index in [1.807, 2.05) is 0 Å². The van der Waals surface area contributed by atoms with Gasteiger partial charge in [-0.15, -0.1) is 0 Å². The van der Waals surface area contributed by atoms with Gasteiger partial charge in [0.1, 0.15) is 6.10 Å². The first-order chi connectivity index (χ1) is 9.44. The number of nitrogens with one attached hydrogen (secondary N) is 1. The number of pyridine rings is 1. The number of rotatable bonds is 4. The lowest BCUT2D eigenvalue weighted by molar-refractivity contribution is 0.0232. The molecule has 1 aliphatic rings. The van der Waals surface area contributed by atoms with Crippen molar-refractivity contribution in [3.05, 3.63) is 22.3 Å². The van der Waals surface area contributed by atoms with E-state index in [0.717, 1.165) is 48.5 Å². The van der Waals surface area contributed by atoms with Gasteiger partial charge in [-0.05, 0) is 42.8 Å². The van der Waals surface area contributed by atoms with E-state index < -0.39 is 0 Å². The number of hydrogen-bond acceptors (Lipinski definition) is 4. The van der Waals surface area contributed by atoms with Crippen molar-refractivity contribution < 1.29 is 9.47 Å². The zero-order valence-electron chi connectivity index (χ0n) is 12.4. The normalized spacial score (nSPS) is 17.2. The Morgan fingerprint density at radius 2 is 2.10 bits per heavy atom. The van der Waals surface area contributed by atoms with Crippen molar-refractivity contribution in [3.63, 3.8) is 0 Å². The predicted octanol–water partition coefficient (Wildman–Crippen LogP) is 3.29. The van der Waals surface area contributed by atoms with E-state index in [2.05, 4.69) is 53.1 Å². The summed E-state index contributed by atoms with van der Waals surface area (Å²) in [4.78, 5) is 4.42. The summed E-state index contributed by atoms with van der Waals surface area (Å²) in [5, 5.41) is 3.48. The van der Waals surface area contributed by atoms with Gasteiger partial charge in [0.05, 0.1) is 13.2 Å². The lowest BCUT2D eigenvalue weighted by Gasteiger charge is -2.25. The second-order valence-corrected chi connectivity index (χ2v) is 7.07. The van der Waals surface area contributed by atoms with Gasteiger partial charge in [-0.1, -0.05) is 0 Å². The Labute approximate surface area is 129 Å². The zero-order chi connectivity index (χ0) is 14.6. The molecule has 1 aromatic rings. The van der Waals surface area contributed by atoms with Crippen molar-refractivity contribution in [3.8, 4) is 5.88 Å². The molecule has 0 bridgehead atoms. The molecule has 0 atom stereocenters. The Morgan fingerprint density at radius 3 is 2.75 bits per heavy atom. The fraction of sp³-hybridized carbons (Fsp3) is 0.667. The Bertz CT molecular complexity index is 440. The van der Waals surface area contributed by atoms with Gasteiger partial charge < -0.3 is 14.8 Å². The first-order valence-corrected chi connectivity index (χ1v) is 7.87. The van der Waals surface area contributed by atoms with E-state index >= 15 is 0 Å². The minimum absolute atomic E-state index is 0.0677. The van der Waals surface area contributed by atoms with Crippen LogP contribution < -0.4 is 10.1 Å². The third kappa shape index (κ3) is 5.04. The van der Waals surface area contributed by atoms with Crippen molar-refractivity contribution in [1.82, 2.24) is 10.3 Å². The summed E-state index contributed by atoms with van der Waals surface area (Å²) in [6.45, 7) is 8.74. The van der Waals surface area contributed by atoms with E-state index in [-0.39, 0.29) is 11.6 Å². The molecule has 0 amide bonds. The first kappa shape index (κ1) is 15.7. The van der Waals surface area contributed by atoms with Gasteiger partial charge in [0.25, 0.3) is 0 Å². The monoisotopic (exact) mass is 342 g/mol. The van der Waals surface area contributed by atoms with Gasteiger partial charge in [-0.25, -0.2) is 4.98 Å². The van der Waals surface area contributed by atoms with E-state index in [0.29, 0.717) is 0 Å². The molecule has 20 heavy (non-hydrogen) atoms. The fourth-order valence-electron chi connectivity index (χ4n) is 2.01. The van der Waals surface area contributed by atoms with Gasteiger partial charge in [0, 0.05) is 41.2 Å². The summed E-state index contributed by atoms with van der Waals surface area (Å²) >= 11 is 3.48. The highest BCUT2D eigenvalue weighted by Gasteiger charge is 2.18. The molecule has 2 rings (SSSR count). The Kier molecular flexibility index (Phi) is 5.41. The molecule has 0 unspecified atom stereocenters. The molecule has 0 saturated carbocycles. The number of hydrogen-bond donors (Lipinski definition) is 1. The highest BCUT2D eigenvalue weighted by molar-refractivity contribution is 9.10. The molecular weight excluding hydrogens is 320 g/mol. The van der Waals surface area contributed by atoms with E-state index in [1.165, 1.54) is 0 Å². The van der Waals surface area contributed by atoms with Crippen LogP contribution in [0.3, 0.4) is 0 Å². The Hall–Kier alpha value is -0.650. The summed E-state index contributed by atoms with van der Waals surface area (Å²) in [6.07, 6.45) is 3.87. The van der Waals surface area contributed by atoms with Crippen LogP contribution in [0, 0.1) is 0 Å². The second-order valence-electron chi connectivity index (χ2n) is 6.15. The van der Waals surface area contributed by atoms with Crippen LogP contribution in [0.2, 0.25) is 0 Å². The summed E-state index contributed by atoms with van der Waals surface area (Å²) < 4.78 is 12.4. The quantitative estimate of drug-likeness (QED) is 0.911. The molecule has 2 heterocycles. The van der Waals surface area contributed by atoms with E-state index in [4.69, 9.17) is 9.47 Å². The average Bonchev–Trinajstić information content (AvgIpc) is 2.39. The van der Waals surface area contributed by atoms with Gasteiger partial charge >= 0.3 is 0 Å². The van der Waals surface area contributed by atoms with Crippen molar-refractivity contribution in [1.29, 1.82) is 0 Å². The van der Waals surface area contributed by atoms with Crippen LogP contribution in [0.15, 0.2) is 16.7 Å². The van der Waals surface area contributed by atoms with Crippen LogP contribution in [0.4, 0.5) is 0 Å². The highest BCUT2D eigenvalue weighted by Crippen LogP contribution is 2.23. The number of nitrogens with zero attached hydrogens (tertiary/aromatic N) is 1. The van der Waals surface area contributed by atoms with E-state index in [1.54, 1.807) is 6.20 Å². The predicted molar refractivity (Wildman–Crippen MR) is 83.0 cm³/mol. The molecule has 0 aromatic carbocycles. The Morgan fingerprint density at radius 1 is 1.40 bits per heavy atom. The topological polar surface area (TPSA) is 43.4 Å². The molecule has 0 spiro atoms. The lowest BCUT2D eigenvalue weighted by atomic mass is 10.1. The molecule has 4 nitrogen and oxygen atoms in total. The van der Waals surface area contributed by atoms with Crippen LogP contribution in [0.5, 0.6) is 5.88 Å². The van der Waals surface area contributed by atoms with Crippen LogP contribution >= 0.6 is 15.9 Å². The summed E-state index contributed by atoms with van der Waals surface area (Å²) in [5.41, 5.74) is 1.15. The summed E-state index contributed by atoms with van der Waals surface area (Å²) in [6, 6.07) is 2.07. The summed E-state index contributed by atoms with van der Waals surface area (Å²) in [5.74, 6) is 0.733.